The van der Waals surface area contributed by atoms with Gasteiger partial charge in [0, 0.05) is 11.6 Å². The molecule has 3 aliphatic heterocycles. The molecule has 5 rings (SSSR count). The third-order valence-corrected chi connectivity index (χ3v) is 5.18. The fourth-order valence-corrected chi connectivity index (χ4v) is 3.74. The van der Waals surface area contributed by atoms with E-state index in [2.05, 4.69) is 0 Å². The van der Waals surface area contributed by atoms with Crippen LogP contribution in [0.1, 0.15) is 41.3 Å². The Morgan fingerprint density at radius 1 is 1.04 bits per heavy atom. The first-order chi connectivity index (χ1) is 13.4. The summed E-state index contributed by atoms with van der Waals surface area (Å²) in [4.78, 5) is 13.2. The Labute approximate surface area is 160 Å². The molecule has 28 heavy (non-hydrogen) atoms. The molecule has 1 atom stereocenters. The maximum absolute atomic E-state index is 13.2. The number of carbonyl (C=O) groups excluding carboxylic acids is 1. The van der Waals surface area contributed by atoms with Crippen molar-refractivity contribution in [3.63, 3.8) is 0 Å². The summed E-state index contributed by atoms with van der Waals surface area (Å²) in [5, 5.41) is 21.3. The molecule has 0 saturated carbocycles. The number of phenols is 2. The number of fused-ring (bicyclic) bond motifs is 3. The van der Waals surface area contributed by atoms with Crippen LogP contribution in [0.25, 0.3) is 6.08 Å². The average Bonchev–Trinajstić information content (AvgIpc) is 3.11. The van der Waals surface area contributed by atoms with Crippen LogP contribution in [0.15, 0.2) is 24.3 Å². The summed E-state index contributed by atoms with van der Waals surface area (Å²) in [5.41, 5.74) is 0.364. The molecule has 2 aromatic rings. The predicted molar refractivity (Wildman–Crippen MR) is 98.6 cm³/mol. The number of Topliss-reactive ketones (excluding diaryl/α,β-unsaturated/α-hetero) is 1. The molecule has 0 fully saturated rings. The van der Waals surface area contributed by atoms with Crippen LogP contribution in [-0.2, 0) is 0 Å². The van der Waals surface area contributed by atoms with Gasteiger partial charge in [0.05, 0.1) is 11.5 Å². The van der Waals surface area contributed by atoms with Crippen LogP contribution >= 0.6 is 0 Å². The van der Waals surface area contributed by atoms with Crippen LogP contribution < -0.4 is 18.9 Å². The van der Waals surface area contributed by atoms with Gasteiger partial charge in [-0.05, 0) is 32.1 Å². The van der Waals surface area contributed by atoms with Gasteiger partial charge in [-0.3, -0.25) is 4.79 Å². The highest BCUT2D eigenvalue weighted by molar-refractivity contribution is 6.08. The van der Waals surface area contributed by atoms with Gasteiger partial charge in [-0.15, -0.1) is 0 Å². The molecule has 7 heteroatoms. The first-order valence-electron chi connectivity index (χ1n) is 8.92. The number of benzene rings is 2. The summed E-state index contributed by atoms with van der Waals surface area (Å²) in [6, 6.07) is 4.88. The number of hydrogen-bond acceptors (Lipinski definition) is 7. The zero-order chi connectivity index (χ0) is 19.6. The number of hydrogen-bond donors (Lipinski definition) is 2. The molecule has 7 nitrogen and oxygen atoms in total. The summed E-state index contributed by atoms with van der Waals surface area (Å²) in [6.45, 7) is 3.83. The van der Waals surface area contributed by atoms with Crippen molar-refractivity contribution in [1.29, 1.82) is 0 Å². The van der Waals surface area contributed by atoms with Crippen LogP contribution in [0.5, 0.6) is 34.5 Å². The minimum absolute atomic E-state index is 0.0138. The largest absolute Gasteiger partial charge is 0.506 e. The third-order valence-electron chi connectivity index (χ3n) is 5.18. The number of ketones is 1. The SMILES string of the molecule is CC1(C)C=Cc2c(cc3c(c2O)C(=O)C(c2ccc4c(c2O)OCO4)CO3)O1. The highest BCUT2D eigenvalue weighted by Gasteiger charge is 2.38. The molecule has 2 N–H and O–H groups in total. The van der Waals surface area contributed by atoms with Gasteiger partial charge >= 0.3 is 0 Å². The maximum atomic E-state index is 13.2. The van der Waals surface area contributed by atoms with E-state index in [-0.39, 0.29) is 47.7 Å². The van der Waals surface area contributed by atoms with E-state index in [1.807, 2.05) is 19.9 Å². The number of ether oxygens (including phenoxy) is 4. The molecule has 0 bridgehead atoms. The lowest BCUT2D eigenvalue weighted by molar-refractivity contribution is 0.0888. The van der Waals surface area contributed by atoms with Gasteiger partial charge in [-0.25, -0.2) is 0 Å². The highest BCUT2D eigenvalue weighted by atomic mass is 16.7. The van der Waals surface area contributed by atoms with Crippen LogP contribution in [-0.4, -0.2) is 35.0 Å². The summed E-state index contributed by atoms with van der Waals surface area (Å²) < 4.78 is 22.2. The number of rotatable bonds is 1. The zero-order valence-electron chi connectivity index (χ0n) is 15.3. The van der Waals surface area contributed by atoms with Gasteiger partial charge in [-0.1, -0.05) is 6.07 Å². The standard InChI is InChI=1S/C21H18O7/c1-21(2)6-5-11-14(28-21)7-15-16(17(11)22)18(23)12(8-25-15)10-3-4-13-20(19(10)24)27-9-26-13/h3-7,12,22,24H,8-9H2,1-2H3. The van der Waals surface area contributed by atoms with Gasteiger partial charge < -0.3 is 29.2 Å². The van der Waals surface area contributed by atoms with Crippen LogP contribution in [0.4, 0.5) is 0 Å². The van der Waals surface area contributed by atoms with Crippen molar-refractivity contribution in [3.05, 3.63) is 41.0 Å². The lowest BCUT2D eigenvalue weighted by atomic mass is 9.86. The Kier molecular flexibility index (Phi) is 3.34. The Morgan fingerprint density at radius 2 is 1.86 bits per heavy atom. The predicted octanol–water partition coefficient (Wildman–Crippen LogP) is 3.37. The van der Waals surface area contributed by atoms with Crippen molar-refractivity contribution < 1.29 is 34.0 Å². The lowest BCUT2D eigenvalue weighted by Crippen LogP contribution is -2.29. The molecule has 1 unspecified atom stereocenters. The first-order valence-corrected chi connectivity index (χ1v) is 8.92. The molecule has 0 radical (unpaired) electrons. The molecule has 0 aliphatic carbocycles. The van der Waals surface area contributed by atoms with E-state index in [1.165, 1.54) is 0 Å². The molecule has 0 saturated heterocycles. The second kappa shape index (κ2) is 5.58. The monoisotopic (exact) mass is 382 g/mol. The summed E-state index contributed by atoms with van der Waals surface area (Å²) in [5.74, 6) is -0.0939. The lowest BCUT2D eigenvalue weighted by Gasteiger charge is -2.31. The van der Waals surface area contributed by atoms with Gasteiger partial charge in [0.25, 0.3) is 0 Å². The number of carbonyl (C=O) groups is 1. The molecule has 3 aliphatic rings. The second-order valence-electron chi connectivity index (χ2n) is 7.51. The number of aromatic hydroxyl groups is 2. The Balaban J connectivity index is 1.59. The van der Waals surface area contributed by atoms with Crippen molar-refractivity contribution in [1.82, 2.24) is 0 Å². The van der Waals surface area contributed by atoms with E-state index in [0.717, 1.165) is 0 Å². The van der Waals surface area contributed by atoms with Crippen LogP contribution in [0.2, 0.25) is 0 Å². The molecular formula is C21H18O7. The zero-order valence-corrected chi connectivity index (χ0v) is 15.3. The second-order valence-corrected chi connectivity index (χ2v) is 7.51. The summed E-state index contributed by atoms with van der Waals surface area (Å²) in [7, 11) is 0. The maximum Gasteiger partial charge on any atom is 0.231 e. The Bertz CT molecular complexity index is 1050. The van der Waals surface area contributed by atoms with Gasteiger partial charge in [0.2, 0.25) is 12.5 Å². The average molecular weight is 382 g/mol. The quantitative estimate of drug-likeness (QED) is 0.781. The minimum atomic E-state index is -0.782. The van der Waals surface area contributed by atoms with Crippen molar-refractivity contribution in [2.24, 2.45) is 0 Å². The smallest absolute Gasteiger partial charge is 0.231 e. The van der Waals surface area contributed by atoms with E-state index in [9.17, 15) is 15.0 Å². The number of phenolic OH excluding ortho intramolecular Hbond substituents is 2. The minimum Gasteiger partial charge on any atom is -0.506 e. The summed E-state index contributed by atoms with van der Waals surface area (Å²) in [6.07, 6.45) is 3.56. The molecular weight excluding hydrogens is 364 g/mol. The molecule has 144 valence electrons. The van der Waals surface area contributed by atoms with Crippen molar-refractivity contribution in [2.45, 2.75) is 25.4 Å². The molecule has 3 heterocycles. The van der Waals surface area contributed by atoms with E-state index in [0.29, 0.717) is 22.6 Å². The summed E-state index contributed by atoms with van der Waals surface area (Å²) >= 11 is 0. The van der Waals surface area contributed by atoms with Gasteiger partial charge in [0.15, 0.2) is 17.3 Å². The fourth-order valence-electron chi connectivity index (χ4n) is 3.74. The van der Waals surface area contributed by atoms with E-state index in [1.54, 1.807) is 24.3 Å². The molecule has 2 aromatic carbocycles. The molecule has 0 aromatic heterocycles. The Hall–Kier alpha value is -3.35. The van der Waals surface area contributed by atoms with Crippen molar-refractivity contribution in [2.75, 3.05) is 13.4 Å². The van der Waals surface area contributed by atoms with E-state index >= 15 is 0 Å². The van der Waals surface area contributed by atoms with Crippen molar-refractivity contribution >= 4 is 11.9 Å². The Morgan fingerprint density at radius 3 is 2.68 bits per heavy atom. The van der Waals surface area contributed by atoms with Crippen LogP contribution in [0, 0.1) is 0 Å². The molecule has 0 amide bonds. The topological polar surface area (TPSA) is 94.5 Å². The first kappa shape index (κ1) is 16.8. The fraction of sp³-hybridized carbons (Fsp3) is 0.286. The van der Waals surface area contributed by atoms with E-state index < -0.39 is 11.5 Å². The van der Waals surface area contributed by atoms with Crippen molar-refractivity contribution in [3.8, 4) is 34.5 Å². The third kappa shape index (κ3) is 2.32. The van der Waals surface area contributed by atoms with Crippen LogP contribution in [0.3, 0.4) is 0 Å². The van der Waals surface area contributed by atoms with Gasteiger partial charge in [-0.2, -0.15) is 0 Å². The van der Waals surface area contributed by atoms with Gasteiger partial charge in [0.1, 0.15) is 35.0 Å². The molecule has 0 spiro atoms. The highest BCUT2D eigenvalue weighted by Crippen LogP contribution is 2.50. The van der Waals surface area contributed by atoms with E-state index in [4.69, 9.17) is 18.9 Å². The normalized spacial score (nSPS) is 20.8.